The standard InChI is InChI=1S/C16H32O10/c1-16(2,3)7(4-17)10(20)11(21)8(19)6-25-15-14(24)13(23)12(22)9(5-18)26-15/h7-15,17-24H,4-6H2,1-3H3/t7?,8-,9-,10-,11-,12-,13+,14-,15+/m1/s1. The Morgan fingerprint density at radius 1 is 0.923 bits per heavy atom. The Kier molecular flexibility index (Phi) is 8.81. The minimum absolute atomic E-state index is 0.401. The monoisotopic (exact) mass is 384 g/mol. The summed E-state index contributed by atoms with van der Waals surface area (Å²) in [4.78, 5) is 0. The van der Waals surface area contributed by atoms with Gasteiger partial charge in [-0.1, -0.05) is 20.8 Å². The van der Waals surface area contributed by atoms with Gasteiger partial charge >= 0.3 is 0 Å². The van der Waals surface area contributed by atoms with E-state index in [2.05, 4.69) is 0 Å². The maximum absolute atomic E-state index is 10.2. The Morgan fingerprint density at radius 2 is 1.50 bits per heavy atom. The molecule has 8 N–H and O–H groups in total. The van der Waals surface area contributed by atoms with E-state index in [-0.39, 0.29) is 0 Å². The molecule has 0 spiro atoms. The summed E-state index contributed by atoms with van der Waals surface area (Å²) in [6, 6.07) is 0. The molecule has 156 valence electrons. The van der Waals surface area contributed by atoms with Crippen molar-refractivity contribution in [2.24, 2.45) is 11.3 Å². The predicted molar refractivity (Wildman–Crippen MR) is 87.8 cm³/mol. The van der Waals surface area contributed by atoms with Crippen molar-refractivity contribution < 1.29 is 50.3 Å². The Bertz CT molecular complexity index is 412. The average molecular weight is 384 g/mol. The molecule has 0 aromatic carbocycles. The van der Waals surface area contributed by atoms with Crippen molar-refractivity contribution in [2.45, 2.75) is 69.8 Å². The highest BCUT2D eigenvalue weighted by Crippen LogP contribution is 2.30. The van der Waals surface area contributed by atoms with Gasteiger partial charge < -0.3 is 50.3 Å². The summed E-state index contributed by atoms with van der Waals surface area (Å²) in [5, 5.41) is 78.1. The lowest BCUT2D eigenvalue weighted by molar-refractivity contribution is -0.306. The molecule has 26 heavy (non-hydrogen) atoms. The molecule has 0 aromatic heterocycles. The maximum Gasteiger partial charge on any atom is 0.186 e. The minimum Gasteiger partial charge on any atom is -0.396 e. The molecule has 0 amide bonds. The molecule has 0 radical (unpaired) electrons. The van der Waals surface area contributed by atoms with Gasteiger partial charge in [0.05, 0.1) is 19.3 Å². The van der Waals surface area contributed by atoms with E-state index in [1.54, 1.807) is 20.8 Å². The van der Waals surface area contributed by atoms with Gasteiger partial charge in [-0.2, -0.15) is 0 Å². The van der Waals surface area contributed by atoms with Crippen LogP contribution in [0.4, 0.5) is 0 Å². The van der Waals surface area contributed by atoms with Gasteiger partial charge in [-0.25, -0.2) is 0 Å². The van der Waals surface area contributed by atoms with Crippen LogP contribution < -0.4 is 0 Å². The zero-order valence-electron chi connectivity index (χ0n) is 15.2. The summed E-state index contributed by atoms with van der Waals surface area (Å²) in [5.41, 5.74) is -0.535. The van der Waals surface area contributed by atoms with E-state index in [0.717, 1.165) is 0 Å². The highest BCUT2D eigenvalue weighted by molar-refractivity contribution is 4.90. The van der Waals surface area contributed by atoms with E-state index in [9.17, 15) is 35.7 Å². The lowest BCUT2D eigenvalue weighted by Crippen LogP contribution is -2.59. The summed E-state index contributed by atoms with van der Waals surface area (Å²) in [6.45, 7) is 3.70. The summed E-state index contributed by atoms with van der Waals surface area (Å²) in [6.07, 6.45) is -12.1. The van der Waals surface area contributed by atoms with Gasteiger partial charge in [-0.05, 0) is 5.41 Å². The van der Waals surface area contributed by atoms with E-state index in [1.807, 2.05) is 0 Å². The molecule has 10 nitrogen and oxygen atoms in total. The third-order valence-corrected chi connectivity index (χ3v) is 4.75. The van der Waals surface area contributed by atoms with Crippen LogP contribution in [-0.4, -0.2) is 110 Å². The second-order valence-electron chi connectivity index (χ2n) is 7.73. The van der Waals surface area contributed by atoms with E-state index < -0.39 is 80.2 Å². The fourth-order valence-electron chi connectivity index (χ4n) is 2.86. The Morgan fingerprint density at radius 3 is 1.96 bits per heavy atom. The number of ether oxygens (including phenoxy) is 2. The van der Waals surface area contributed by atoms with Gasteiger partial charge in [0.1, 0.15) is 36.6 Å². The van der Waals surface area contributed by atoms with Crippen molar-refractivity contribution in [2.75, 3.05) is 19.8 Å². The second-order valence-corrected chi connectivity index (χ2v) is 7.73. The molecule has 1 heterocycles. The minimum atomic E-state index is -1.64. The molecule has 1 unspecified atom stereocenters. The van der Waals surface area contributed by atoms with Crippen molar-refractivity contribution in [1.29, 1.82) is 0 Å². The molecular formula is C16H32O10. The molecule has 1 aliphatic rings. The Labute approximate surface area is 152 Å². The number of rotatable bonds is 8. The van der Waals surface area contributed by atoms with Crippen LogP contribution in [0.5, 0.6) is 0 Å². The van der Waals surface area contributed by atoms with Crippen molar-refractivity contribution in [3.63, 3.8) is 0 Å². The van der Waals surface area contributed by atoms with E-state index in [4.69, 9.17) is 14.6 Å². The van der Waals surface area contributed by atoms with E-state index in [0.29, 0.717) is 0 Å². The fourth-order valence-corrected chi connectivity index (χ4v) is 2.86. The molecule has 1 aliphatic heterocycles. The van der Waals surface area contributed by atoms with E-state index in [1.165, 1.54) is 0 Å². The van der Waals surface area contributed by atoms with Crippen molar-refractivity contribution in [3.8, 4) is 0 Å². The highest BCUT2D eigenvalue weighted by atomic mass is 16.7. The lowest BCUT2D eigenvalue weighted by atomic mass is 9.75. The molecule has 0 saturated carbocycles. The number of hydrogen-bond donors (Lipinski definition) is 8. The first-order chi connectivity index (χ1) is 11.9. The molecule has 1 fully saturated rings. The lowest BCUT2D eigenvalue weighted by Gasteiger charge is -2.40. The van der Waals surface area contributed by atoms with Crippen LogP contribution in [0.2, 0.25) is 0 Å². The van der Waals surface area contributed by atoms with Crippen LogP contribution in [-0.2, 0) is 9.47 Å². The largest absolute Gasteiger partial charge is 0.396 e. The van der Waals surface area contributed by atoms with Crippen LogP contribution in [0.25, 0.3) is 0 Å². The third kappa shape index (κ3) is 5.55. The topological polar surface area (TPSA) is 180 Å². The summed E-state index contributed by atoms with van der Waals surface area (Å²) in [7, 11) is 0. The first-order valence-electron chi connectivity index (χ1n) is 8.52. The highest BCUT2D eigenvalue weighted by Gasteiger charge is 2.45. The summed E-state index contributed by atoms with van der Waals surface area (Å²) in [5.74, 6) is -0.709. The van der Waals surface area contributed by atoms with Crippen LogP contribution in [0.1, 0.15) is 20.8 Å². The van der Waals surface area contributed by atoms with Gasteiger partial charge in [0.2, 0.25) is 0 Å². The molecular weight excluding hydrogens is 352 g/mol. The quantitative estimate of drug-likeness (QED) is 0.209. The number of hydrogen-bond acceptors (Lipinski definition) is 10. The molecule has 9 atom stereocenters. The van der Waals surface area contributed by atoms with Gasteiger partial charge in [0.15, 0.2) is 6.29 Å². The fraction of sp³-hybridized carbons (Fsp3) is 1.00. The summed E-state index contributed by atoms with van der Waals surface area (Å²) >= 11 is 0. The van der Waals surface area contributed by atoms with Crippen LogP contribution >= 0.6 is 0 Å². The van der Waals surface area contributed by atoms with Crippen molar-refractivity contribution in [3.05, 3.63) is 0 Å². The smallest absolute Gasteiger partial charge is 0.186 e. The van der Waals surface area contributed by atoms with Crippen molar-refractivity contribution in [1.82, 2.24) is 0 Å². The maximum atomic E-state index is 10.2. The third-order valence-electron chi connectivity index (χ3n) is 4.75. The molecule has 1 saturated heterocycles. The Balaban J connectivity index is 2.65. The molecule has 0 bridgehead atoms. The van der Waals surface area contributed by atoms with Crippen molar-refractivity contribution >= 4 is 0 Å². The molecule has 1 rings (SSSR count). The predicted octanol–water partition coefficient (Wildman–Crippen LogP) is -3.46. The number of aliphatic hydroxyl groups excluding tert-OH is 8. The van der Waals surface area contributed by atoms with Gasteiger partial charge in [0.25, 0.3) is 0 Å². The van der Waals surface area contributed by atoms with Gasteiger partial charge in [-0.15, -0.1) is 0 Å². The average Bonchev–Trinajstić information content (AvgIpc) is 2.57. The van der Waals surface area contributed by atoms with Crippen LogP contribution in [0.15, 0.2) is 0 Å². The first kappa shape index (κ1) is 23.6. The van der Waals surface area contributed by atoms with Crippen LogP contribution in [0.3, 0.4) is 0 Å². The second kappa shape index (κ2) is 9.69. The van der Waals surface area contributed by atoms with Gasteiger partial charge in [-0.3, -0.25) is 0 Å². The first-order valence-corrected chi connectivity index (χ1v) is 8.52. The van der Waals surface area contributed by atoms with Gasteiger partial charge in [0, 0.05) is 12.5 Å². The van der Waals surface area contributed by atoms with E-state index >= 15 is 0 Å². The molecule has 0 aromatic rings. The SMILES string of the molecule is CC(C)(C)C(CO)[C@@H](O)[C@H](O)[C@H](O)CO[C@H]1O[C@H](CO)[C@@H](O)[C@H](O)[C@H]1O. The number of aliphatic hydroxyl groups is 8. The van der Waals surface area contributed by atoms with Crippen LogP contribution in [0, 0.1) is 11.3 Å². The summed E-state index contributed by atoms with van der Waals surface area (Å²) < 4.78 is 10.3. The normalized spacial score (nSPS) is 35.0. The molecule has 10 heteroatoms. The molecule has 0 aliphatic carbocycles. The Hall–Kier alpha value is -0.400. The zero-order chi connectivity index (χ0) is 20.2. The zero-order valence-corrected chi connectivity index (χ0v) is 15.2.